The summed E-state index contributed by atoms with van der Waals surface area (Å²) in [6.45, 7) is 9.94. The summed E-state index contributed by atoms with van der Waals surface area (Å²) in [6, 6.07) is 13.0. The first kappa shape index (κ1) is 18.8. The van der Waals surface area contributed by atoms with E-state index in [9.17, 15) is 0 Å². The lowest BCUT2D eigenvalue weighted by Crippen LogP contribution is -2.34. The molecule has 0 amide bonds. The predicted octanol–water partition coefficient (Wildman–Crippen LogP) is 4.75. The second-order valence-corrected chi connectivity index (χ2v) is 6.23. The van der Waals surface area contributed by atoms with Gasteiger partial charge < -0.3 is 10.5 Å². The number of ether oxygens (including phenoxy) is 1. The van der Waals surface area contributed by atoms with E-state index < -0.39 is 0 Å². The average molecular weight is 329 g/mol. The molecule has 1 unspecified atom stereocenters. The van der Waals surface area contributed by atoms with Crippen LogP contribution in [0.3, 0.4) is 0 Å². The summed E-state index contributed by atoms with van der Waals surface area (Å²) in [5.74, 6) is 0.993. The van der Waals surface area contributed by atoms with E-state index in [0.717, 1.165) is 31.9 Å². The number of hydrogen-bond acceptors (Lipinski definition) is 3. The number of likely N-dealkylation sites (N-methyl/N-ethyl adjacent to an activating group) is 1. The normalized spacial score (nSPS) is 12.7. The number of nitrogens with two attached hydrogens (primary N) is 1. The summed E-state index contributed by atoms with van der Waals surface area (Å²) in [6.07, 6.45) is 3.51. The Hall–Kier alpha value is -1.58. The van der Waals surface area contributed by atoms with Crippen LogP contribution in [0.2, 0.25) is 0 Å². The Labute approximate surface area is 146 Å². The Bertz CT molecular complexity index is 622. The highest BCUT2D eigenvalue weighted by molar-refractivity contribution is 5.88. The number of unbranched alkanes of at least 4 members (excludes halogenated alkanes) is 2. The van der Waals surface area contributed by atoms with Gasteiger partial charge in [-0.2, -0.15) is 0 Å². The first-order chi connectivity index (χ1) is 11.8. The van der Waals surface area contributed by atoms with E-state index in [1.165, 1.54) is 29.2 Å². The zero-order valence-electron chi connectivity index (χ0n) is 15.4. The van der Waals surface area contributed by atoms with Crippen molar-refractivity contribution >= 4 is 10.8 Å². The molecule has 3 nitrogen and oxygen atoms in total. The van der Waals surface area contributed by atoms with Crippen molar-refractivity contribution in [2.75, 3.05) is 26.2 Å². The quantitative estimate of drug-likeness (QED) is 0.640. The third-order valence-electron chi connectivity index (χ3n) is 4.75. The highest BCUT2D eigenvalue weighted by Gasteiger charge is 2.22. The van der Waals surface area contributed by atoms with Crippen LogP contribution in [0, 0.1) is 0 Å². The fourth-order valence-corrected chi connectivity index (χ4v) is 3.39. The van der Waals surface area contributed by atoms with Crippen LogP contribution in [0.5, 0.6) is 5.75 Å². The third-order valence-corrected chi connectivity index (χ3v) is 4.75. The number of fused-ring (bicyclic) bond motifs is 1. The molecule has 2 N–H and O–H groups in total. The second kappa shape index (κ2) is 9.65. The SMILES string of the molecule is CCCCCOc1ccc2ccccc2c1C(CN)N(CC)CC. The van der Waals surface area contributed by atoms with Crippen molar-refractivity contribution in [1.82, 2.24) is 4.90 Å². The number of benzene rings is 2. The Morgan fingerprint density at radius 2 is 1.75 bits per heavy atom. The summed E-state index contributed by atoms with van der Waals surface area (Å²) in [7, 11) is 0. The van der Waals surface area contributed by atoms with Gasteiger partial charge in [0.1, 0.15) is 5.75 Å². The van der Waals surface area contributed by atoms with Crippen molar-refractivity contribution in [3.8, 4) is 5.75 Å². The Morgan fingerprint density at radius 1 is 1.00 bits per heavy atom. The summed E-state index contributed by atoms with van der Waals surface area (Å²) in [5, 5.41) is 2.51. The first-order valence-electron chi connectivity index (χ1n) is 9.35. The molecular weight excluding hydrogens is 296 g/mol. The van der Waals surface area contributed by atoms with Crippen molar-refractivity contribution < 1.29 is 4.74 Å². The van der Waals surface area contributed by atoms with E-state index in [4.69, 9.17) is 10.5 Å². The van der Waals surface area contributed by atoms with Crippen molar-refractivity contribution in [2.24, 2.45) is 5.73 Å². The minimum atomic E-state index is 0.187. The van der Waals surface area contributed by atoms with Gasteiger partial charge in [-0.25, -0.2) is 0 Å². The van der Waals surface area contributed by atoms with Crippen LogP contribution in [-0.4, -0.2) is 31.1 Å². The molecule has 0 saturated heterocycles. The molecule has 0 heterocycles. The molecule has 132 valence electrons. The summed E-state index contributed by atoms with van der Waals surface area (Å²) in [4.78, 5) is 2.42. The van der Waals surface area contributed by atoms with Crippen LogP contribution in [-0.2, 0) is 0 Å². The number of nitrogens with zero attached hydrogens (tertiary/aromatic N) is 1. The van der Waals surface area contributed by atoms with Gasteiger partial charge in [-0.05, 0) is 36.3 Å². The molecule has 0 aliphatic heterocycles. The standard InChI is InChI=1S/C21H32N2O/c1-4-7-10-15-24-20-14-13-17-11-8-9-12-18(17)21(20)19(16-22)23(5-2)6-3/h8-9,11-14,19H,4-7,10,15-16,22H2,1-3H3. The molecule has 0 radical (unpaired) electrons. The van der Waals surface area contributed by atoms with E-state index >= 15 is 0 Å². The highest BCUT2D eigenvalue weighted by atomic mass is 16.5. The van der Waals surface area contributed by atoms with Gasteiger partial charge in [0.25, 0.3) is 0 Å². The molecular formula is C21H32N2O. The second-order valence-electron chi connectivity index (χ2n) is 6.23. The van der Waals surface area contributed by atoms with Gasteiger partial charge in [0.15, 0.2) is 0 Å². The molecule has 2 rings (SSSR count). The van der Waals surface area contributed by atoms with Crippen molar-refractivity contribution in [1.29, 1.82) is 0 Å². The van der Waals surface area contributed by atoms with Crippen LogP contribution in [0.25, 0.3) is 10.8 Å². The largest absolute Gasteiger partial charge is 0.493 e. The number of rotatable bonds is 10. The molecule has 3 heteroatoms. The van der Waals surface area contributed by atoms with Gasteiger partial charge in [0, 0.05) is 12.1 Å². The Kier molecular flexibility index (Phi) is 7.54. The lowest BCUT2D eigenvalue weighted by Gasteiger charge is -2.31. The first-order valence-corrected chi connectivity index (χ1v) is 9.35. The van der Waals surface area contributed by atoms with E-state index in [1.54, 1.807) is 0 Å². The van der Waals surface area contributed by atoms with Crippen LogP contribution >= 0.6 is 0 Å². The zero-order valence-corrected chi connectivity index (χ0v) is 15.4. The molecule has 1 atom stereocenters. The minimum Gasteiger partial charge on any atom is -0.493 e. The predicted molar refractivity (Wildman–Crippen MR) is 104 cm³/mol. The van der Waals surface area contributed by atoms with Gasteiger partial charge in [0.2, 0.25) is 0 Å². The molecule has 0 aliphatic rings. The topological polar surface area (TPSA) is 38.5 Å². The monoisotopic (exact) mass is 328 g/mol. The third kappa shape index (κ3) is 4.28. The van der Waals surface area contributed by atoms with E-state index in [-0.39, 0.29) is 6.04 Å². The molecule has 2 aromatic carbocycles. The maximum atomic E-state index is 6.20. The summed E-state index contributed by atoms with van der Waals surface area (Å²) in [5.41, 5.74) is 7.44. The molecule has 0 aromatic heterocycles. The zero-order chi connectivity index (χ0) is 17.4. The molecule has 0 spiro atoms. The highest BCUT2D eigenvalue weighted by Crippen LogP contribution is 2.35. The molecule has 0 saturated carbocycles. The van der Waals surface area contributed by atoms with Gasteiger partial charge >= 0.3 is 0 Å². The lowest BCUT2D eigenvalue weighted by atomic mass is 9.96. The lowest BCUT2D eigenvalue weighted by molar-refractivity contribution is 0.216. The van der Waals surface area contributed by atoms with Gasteiger partial charge in [-0.1, -0.05) is 63.9 Å². The fraction of sp³-hybridized carbons (Fsp3) is 0.524. The average Bonchev–Trinajstić information content (AvgIpc) is 2.63. The maximum absolute atomic E-state index is 6.20. The summed E-state index contributed by atoms with van der Waals surface area (Å²) < 4.78 is 6.19. The fourth-order valence-electron chi connectivity index (χ4n) is 3.39. The Balaban J connectivity index is 2.44. The van der Waals surface area contributed by atoms with Crippen LogP contribution in [0.1, 0.15) is 51.6 Å². The van der Waals surface area contributed by atoms with E-state index in [0.29, 0.717) is 6.54 Å². The van der Waals surface area contributed by atoms with Gasteiger partial charge in [-0.15, -0.1) is 0 Å². The smallest absolute Gasteiger partial charge is 0.124 e. The van der Waals surface area contributed by atoms with Crippen LogP contribution in [0.15, 0.2) is 36.4 Å². The molecule has 0 fully saturated rings. The van der Waals surface area contributed by atoms with Crippen molar-refractivity contribution in [3.63, 3.8) is 0 Å². The van der Waals surface area contributed by atoms with Crippen molar-refractivity contribution in [3.05, 3.63) is 42.0 Å². The summed E-state index contributed by atoms with van der Waals surface area (Å²) >= 11 is 0. The van der Waals surface area contributed by atoms with Gasteiger partial charge in [-0.3, -0.25) is 4.90 Å². The maximum Gasteiger partial charge on any atom is 0.124 e. The minimum absolute atomic E-state index is 0.187. The van der Waals surface area contributed by atoms with Crippen molar-refractivity contribution in [2.45, 2.75) is 46.1 Å². The number of hydrogen-bond donors (Lipinski definition) is 1. The Morgan fingerprint density at radius 3 is 2.42 bits per heavy atom. The van der Waals surface area contributed by atoms with Crippen LogP contribution < -0.4 is 10.5 Å². The molecule has 0 bridgehead atoms. The molecule has 24 heavy (non-hydrogen) atoms. The van der Waals surface area contributed by atoms with E-state index in [1.807, 2.05) is 0 Å². The molecule has 2 aromatic rings. The van der Waals surface area contributed by atoms with Crippen LogP contribution in [0.4, 0.5) is 0 Å². The van der Waals surface area contributed by atoms with Gasteiger partial charge in [0.05, 0.1) is 12.6 Å². The molecule has 0 aliphatic carbocycles. The van der Waals surface area contributed by atoms with E-state index in [2.05, 4.69) is 62.1 Å².